The van der Waals surface area contributed by atoms with Crippen molar-refractivity contribution in [3.05, 3.63) is 29.3 Å². The van der Waals surface area contributed by atoms with Crippen molar-refractivity contribution >= 4 is 39.2 Å². The molecule has 0 amide bonds. The first-order valence-electron chi connectivity index (χ1n) is 6.55. The zero-order chi connectivity index (χ0) is 14.5. The Morgan fingerprint density at radius 3 is 2.60 bits per heavy atom. The van der Waals surface area contributed by atoms with E-state index in [1.54, 1.807) is 0 Å². The Morgan fingerprint density at radius 1 is 1.35 bits per heavy atom. The molecule has 2 rings (SSSR count). The van der Waals surface area contributed by atoms with Crippen molar-refractivity contribution in [1.82, 2.24) is 4.90 Å². The molecule has 1 aliphatic heterocycles. The number of halogens is 2. The summed E-state index contributed by atoms with van der Waals surface area (Å²) in [5.41, 5.74) is 1.08. The van der Waals surface area contributed by atoms with Crippen molar-refractivity contribution in [1.29, 1.82) is 0 Å². The van der Waals surface area contributed by atoms with E-state index in [9.17, 15) is 4.79 Å². The number of benzene rings is 1. The molecule has 0 spiro atoms. The lowest BCUT2D eigenvalue weighted by molar-refractivity contribution is -0.140. The standard InChI is InChI=1S/C14H18BrClN2O2/c1-20-14(19)11(15)10-17-6-8-18(9-7-17)13-5-3-2-4-12(13)16/h2-5,11H,6-10H2,1H3. The number of para-hydroxylation sites is 1. The van der Waals surface area contributed by atoms with E-state index < -0.39 is 0 Å². The van der Waals surface area contributed by atoms with Crippen molar-refractivity contribution in [2.45, 2.75) is 4.83 Å². The Hall–Kier alpha value is -0.780. The van der Waals surface area contributed by atoms with E-state index in [-0.39, 0.29) is 10.8 Å². The molecule has 1 unspecified atom stereocenters. The monoisotopic (exact) mass is 360 g/mol. The van der Waals surface area contributed by atoms with Gasteiger partial charge in [0.15, 0.2) is 0 Å². The van der Waals surface area contributed by atoms with Gasteiger partial charge in [-0.25, -0.2) is 0 Å². The highest BCUT2D eigenvalue weighted by molar-refractivity contribution is 9.10. The van der Waals surface area contributed by atoms with Crippen LogP contribution >= 0.6 is 27.5 Å². The molecule has 6 heteroatoms. The number of carbonyl (C=O) groups is 1. The minimum atomic E-state index is -0.264. The van der Waals surface area contributed by atoms with Crippen LogP contribution in [0.1, 0.15) is 0 Å². The normalized spacial score (nSPS) is 17.9. The molecule has 0 radical (unpaired) electrons. The van der Waals surface area contributed by atoms with Gasteiger partial charge >= 0.3 is 5.97 Å². The van der Waals surface area contributed by atoms with Crippen molar-refractivity contribution in [2.75, 3.05) is 44.7 Å². The fourth-order valence-electron chi connectivity index (χ4n) is 2.31. The minimum absolute atomic E-state index is 0.224. The number of ether oxygens (including phenoxy) is 1. The maximum atomic E-state index is 11.4. The van der Waals surface area contributed by atoms with Crippen LogP contribution in [-0.4, -0.2) is 55.5 Å². The van der Waals surface area contributed by atoms with Crippen LogP contribution in [-0.2, 0) is 9.53 Å². The number of rotatable bonds is 4. The van der Waals surface area contributed by atoms with Gasteiger partial charge in [0.2, 0.25) is 0 Å². The lowest BCUT2D eigenvalue weighted by Gasteiger charge is -2.36. The van der Waals surface area contributed by atoms with Gasteiger partial charge in [0, 0.05) is 32.7 Å². The second kappa shape index (κ2) is 7.29. The second-order valence-corrected chi connectivity index (χ2v) is 6.24. The zero-order valence-electron chi connectivity index (χ0n) is 11.4. The van der Waals surface area contributed by atoms with Gasteiger partial charge in [-0.3, -0.25) is 9.69 Å². The average Bonchev–Trinajstić information content (AvgIpc) is 2.48. The summed E-state index contributed by atoms with van der Waals surface area (Å²) in [6.45, 7) is 4.30. The maximum absolute atomic E-state index is 11.4. The highest BCUT2D eigenvalue weighted by Gasteiger charge is 2.23. The van der Waals surface area contributed by atoms with Crippen LogP contribution in [0.4, 0.5) is 5.69 Å². The Balaban J connectivity index is 1.87. The zero-order valence-corrected chi connectivity index (χ0v) is 13.7. The molecule has 20 heavy (non-hydrogen) atoms. The van der Waals surface area contributed by atoms with Crippen LogP contribution in [0.5, 0.6) is 0 Å². The fourth-order valence-corrected chi connectivity index (χ4v) is 3.16. The average molecular weight is 362 g/mol. The van der Waals surface area contributed by atoms with E-state index in [4.69, 9.17) is 16.3 Å². The van der Waals surface area contributed by atoms with Crippen LogP contribution in [0.3, 0.4) is 0 Å². The van der Waals surface area contributed by atoms with Gasteiger partial charge in [-0.1, -0.05) is 39.7 Å². The number of piperazine rings is 1. The quantitative estimate of drug-likeness (QED) is 0.609. The van der Waals surface area contributed by atoms with Crippen LogP contribution in [0, 0.1) is 0 Å². The predicted molar refractivity (Wildman–Crippen MR) is 84.8 cm³/mol. The number of hydrogen-bond donors (Lipinski definition) is 0. The lowest BCUT2D eigenvalue weighted by Crippen LogP contribution is -2.49. The SMILES string of the molecule is COC(=O)C(Br)CN1CCN(c2ccccc2Cl)CC1. The first-order chi connectivity index (χ1) is 9.61. The van der Waals surface area contributed by atoms with E-state index in [0.717, 1.165) is 36.9 Å². The number of anilines is 1. The summed E-state index contributed by atoms with van der Waals surface area (Å²) in [4.78, 5) is 15.7. The topological polar surface area (TPSA) is 32.8 Å². The second-order valence-electron chi connectivity index (χ2n) is 4.73. The molecule has 1 saturated heterocycles. The maximum Gasteiger partial charge on any atom is 0.320 e. The third-order valence-corrected chi connectivity index (χ3v) is 4.42. The van der Waals surface area contributed by atoms with Crippen LogP contribution < -0.4 is 4.90 Å². The number of nitrogens with zero attached hydrogens (tertiary/aromatic N) is 2. The molecule has 0 saturated carbocycles. The van der Waals surface area contributed by atoms with Crippen LogP contribution in [0.2, 0.25) is 5.02 Å². The van der Waals surface area contributed by atoms with Gasteiger partial charge in [0.1, 0.15) is 4.83 Å². The fraction of sp³-hybridized carbons (Fsp3) is 0.500. The van der Waals surface area contributed by atoms with E-state index in [2.05, 4.69) is 25.7 Å². The summed E-state index contributed by atoms with van der Waals surface area (Å²) in [5.74, 6) is -0.224. The molecule has 0 aliphatic carbocycles. The molecule has 4 nitrogen and oxygen atoms in total. The molecule has 0 N–H and O–H groups in total. The van der Waals surface area contributed by atoms with E-state index >= 15 is 0 Å². The molecule has 1 atom stereocenters. The summed E-state index contributed by atoms with van der Waals surface area (Å²) < 4.78 is 4.72. The van der Waals surface area contributed by atoms with E-state index in [1.165, 1.54) is 7.11 Å². The molecule has 1 aromatic rings. The highest BCUT2D eigenvalue weighted by Crippen LogP contribution is 2.26. The van der Waals surface area contributed by atoms with Gasteiger partial charge in [0.25, 0.3) is 0 Å². The Morgan fingerprint density at radius 2 is 2.00 bits per heavy atom. The Kier molecular flexibility index (Phi) is 5.69. The third-order valence-electron chi connectivity index (χ3n) is 3.44. The Labute approximate surface area is 132 Å². The first kappa shape index (κ1) is 15.6. The summed E-state index contributed by atoms with van der Waals surface area (Å²) >= 11 is 9.57. The van der Waals surface area contributed by atoms with Gasteiger partial charge in [-0.05, 0) is 12.1 Å². The van der Waals surface area contributed by atoms with Crippen molar-refractivity contribution in [3.8, 4) is 0 Å². The molecule has 1 aromatic carbocycles. The molecular formula is C14H18BrClN2O2. The summed E-state index contributed by atoms with van der Waals surface area (Å²) in [6, 6.07) is 7.89. The number of esters is 1. The smallest absolute Gasteiger partial charge is 0.320 e. The molecule has 110 valence electrons. The summed E-state index contributed by atoms with van der Waals surface area (Å²) in [5, 5.41) is 0.786. The predicted octanol–water partition coefficient (Wildman–Crippen LogP) is 2.40. The van der Waals surface area contributed by atoms with Gasteiger partial charge in [-0.2, -0.15) is 0 Å². The van der Waals surface area contributed by atoms with Crippen LogP contribution in [0.25, 0.3) is 0 Å². The molecule has 1 heterocycles. The molecule has 1 aliphatic rings. The minimum Gasteiger partial charge on any atom is -0.468 e. The van der Waals surface area contributed by atoms with Gasteiger partial charge in [0.05, 0.1) is 17.8 Å². The molecule has 0 aromatic heterocycles. The van der Waals surface area contributed by atoms with E-state index in [0.29, 0.717) is 6.54 Å². The first-order valence-corrected chi connectivity index (χ1v) is 7.85. The van der Waals surface area contributed by atoms with Crippen molar-refractivity contribution < 1.29 is 9.53 Å². The Bertz CT molecular complexity index is 464. The number of carbonyl (C=O) groups excluding carboxylic acids is 1. The largest absolute Gasteiger partial charge is 0.468 e. The van der Waals surface area contributed by atoms with Gasteiger partial charge in [-0.15, -0.1) is 0 Å². The van der Waals surface area contributed by atoms with E-state index in [1.807, 2.05) is 24.3 Å². The number of methoxy groups -OCH3 is 1. The van der Waals surface area contributed by atoms with Crippen molar-refractivity contribution in [2.24, 2.45) is 0 Å². The van der Waals surface area contributed by atoms with Crippen molar-refractivity contribution in [3.63, 3.8) is 0 Å². The van der Waals surface area contributed by atoms with Crippen LogP contribution in [0.15, 0.2) is 24.3 Å². The number of alkyl halides is 1. The van der Waals surface area contributed by atoms with Gasteiger partial charge < -0.3 is 9.64 Å². The molecule has 1 fully saturated rings. The molecule has 0 bridgehead atoms. The number of hydrogen-bond acceptors (Lipinski definition) is 4. The third kappa shape index (κ3) is 3.87. The lowest BCUT2D eigenvalue weighted by atomic mass is 10.2. The molecular weight excluding hydrogens is 344 g/mol. The summed E-state index contributed by atoms with van der Waals surface area (Å²) in [7, 11) is 1.41. The summed E-state index contributed by atoms with van der Waals surface area (Å²) in [6.07, 6.45) is 0. The highest BCUT2D eigenvalue weighted by atomic mass is 79.9.